The summed E-state index contributed by atoms with van der Waals surface area (Å²) in [5.74, 6) is 0.336. The molecule has 0 aliphatic heterocycles. The van der Waals surface area contributed by atoms with Gasteiger partial charge in [-0.15, -0.1) is 0 Å². The Hall–Kier alpha value is -1.39. The fourth-order valence-corrected chi connectivity index (χ4v) is 0.863. The van der Waals surface area contributed by atoms with E-state index in [0.29, 0.717) is 5.75 Å². The molecule has 1 heterocycles. The third-order valence-electron chi connectivity index (χ3n) is 1.46. The fourth-order valence-electron chi connectivity index (χ4n) is 0.863. The number of ether oxygens (including phenoxy) is 2. The van der Waals surface area contributed by atoms with Gasteiger partial charge in [0.05, 0.1) is 7.11 Å². The third-order valence-corrected chi connectivity index (χ3v) is 1.46. The molecule has 0 aromatic carbocycles. The largest absolute Gasteiger partial charge is 0.496 e. The van der Waals surface area contributed by atoms with Crippen molar-refractivity contribution in [1.29, 1.82) is 0 Å². The Kier molecular flexibility index (Phi) is 3.00. The molecule has 0 aliphatic carbocycles. The molecular formula is C8H9F2NO2. The normalized spacial score (nSPS) is 10.2. The highest BCUT2D eigenvalue weighted by molar-refractivity contribution is 5.34. The van der Waals surface area contributed by atoms with E-state index in [1.807, 2.05) is 0 Å². The summed E-state index contributed by atoms with van der Waals surface area (Å²) in [4.78, 5) is 3.64. The summed E-state index contributed by atoms with van der Waals surface area (Å²) in [7, 11) is 1.45. The standard InChI is InChI=1S/C8H9F2NO2/c1-5-4-11-7(13-8(9)10)3-6(5)12-2/h3-4,8H,1-2H3. The highest BCUT2D eigenvalue weighted by Gasteiger charge is 2.07. The number of pyridine rings is 1. The summed E-state index contributed by atoms with van der Waals surface area (Å²) >= 11 is 0. The number of aromatic nitrogens is 1. The van der Waals surface area contributed by atoms with Gasteiger partial charge in [-0.3, -0.25) is 0 Å². The van der Waals surface area contributed by atoms with E-state index in [4.69, 9.17) is 4.74 Å². The first kappa shape index (κ1) is 9.70. The van der Waals surface area contributed by atoms with Gasteiger partial charge in [0.25, 0.3) is 0 Å². The molecular weight excluding hydrogens is 180 g/mol. The van der Waals surface area contributed by atoms with Crippen molar-refractivity contribution in [3.8, 4) is 11.6 Å². The lowest BCUT2D eigenvalue weighted by Gasteiger charge is -2.07. The van der Waals surface area contributed by atoms with Crippen molar-refractivity contribution in [3.05, 3.63) is 17.8 Å². The van der Waals surface area contributed by atoms with Crippen molar-refractivity contribution in [1.82, 2.24) is 4.98 Å². The number of hydrogen-bond acceptors (Lipinski definition) is 3. The molecule has 0 bridgehead atoms. The van der Waals surface area contributed by atoms with Gasteiger partial charge in [0, 0.05) is 17.8 Å². The number of rotatable bonds is 3. The molecule has 0 radical (unpaired) electrons. The predicted octanol–water partition coefficient (Wildman–Crippen LogP) is 2.00. The number of aryl methyl sites for hydroxylation is 1. The molecule has 3 nitrogen and oxygen atoms in total. The average molecular weight is 189 g/mol. The molecule has 1 rings (SSSR count). The molecule has 1 aromatic heterocycles. The first-order chi connectivity index (χ1) is 6.13. The second-order valence-electron chi connectivity index (χ2n) is 2.37. The van der Waals surface area contributed by atoms with Crippen LogP contribution in [-0.2, 0) is 0 Å². The van der Waals surface area contributed by atoms with Gasteiger partial charge in [-0.05, 0) is 6.92 Å². The van der Waals surface area contributed by atoms with Crippen LogP contribution in [0.3, 0.4) is 0 Å². The van der Waals surface area contributed by atoms with Gasteiger partial charge in [0.2, 0.25) is 5.88 Å². The van der Waals surface area contributed by atoms with Gasteiger partial charge in [-0.2, -0.15) is 8.78 Å². The molecule has 13 heavy (non-hydrogen) atoms. The molecule has 0 N–H and O–H groups in total. The van der Waals surface area contributed by atoms with Crippen LogP contribution in [0.2, 0.25) is 0 Å². The number of halogens is 2. The number of alkyl halides is 2. The zero-order chi connectivity index (χ0) is 9.84. The quantitative estimate of drug-likeness (QED) is 0.728. The highest BCUT2D eigenvalue weighted by atomic mass is 19.3. The summed E-state index contributed by atoms with van der Waals surface area (Å²) in [5, 5.41) is 0. The van der Waals surface area contributed by atoms with Crippen LogP contribution < -0.4 is 9.47 Å². The maximum Gasteiger partial charge on any atom is 0.388 e. The van der Waals surface area contributed by atoms with E-state index in [0.717, 1.165) is 5.56 Å². The van der Waals surface area contributed by atoms with Gasteiger partial charge < -0.3 is 9.47 Å². The van der Waals surface area contributed by atoms with Crippen LogP contribution in [-0.4, -0.2) is 18.7 Å². The zero-order valence-electron chi connectivity index (χ0n) is 7.25. The van der Waals surface area contributed by atoms with Crippen LogP contribution in [0.5, 0.6) is 11.6 Å². The molecule has 0 saturated heterocycles. The first-order valence-electron chi connectivity index (χ1n) is 3.59. The van der Waals surface area contributed by atoms with Crippen molar-refractivity contribution in [2.45, 2.75) is 13.5 Å². The van der Waals surface area contributed by atoms with Crippen LogP contribution in [0.4, 0.5) is 8.78 Å². The molecule has 0 unspecified atom stereocenters. The van der Waals surface area contributed by atoms with Gasteiger partial charge >= 0.3 is 6.61 Å². The maximum atomic E-state index is 11.8. The van der Waals surface area contributed by atoms with Crippen LogP contribution >= 0.6 is 0 Å². The third kappa shape index (κ3) is 2.54. The Morgan fingerprint density at radius 3 is 2.69 bits per heavy atom. The van der Waals surface area contributed by atoms with Crippen molar-refractivity contribution >= 4 is 0 Å². The lowest BCUT2D eigenvalue weighted by Crippen LogP contribution is -2.04. The SMILES string of the molecule is COc1cc(OC(F)F)ncc1C. The summed E-state index contributed by atoms with van der Waals surface area (Å²) in [6.07, 6.45) is 1.41. The van der Waals surface area contributed by atoms with Gasteiger partial charge in [-0.25, -0.2) is 4.98 Å². The van der Waals surface area contributed by atoms with Crippen LogP contribution in [0, 0.1) is 6.92 Å². The molecule has 0 fully saturated rings. The molecule has 72 valence electrons. The second kappa shape index (κ2) is 4.02. The van der Waals surface area contributed by atoms with E-state index in [2.05, 4.69) is 9.72 Å². The summed E-state index contributed by atoms with van der Waals surface area (Å²) in [5.41, 5.74) is 0.768. The van der Waals surface area contributed by atoms with E-state index in [9.17, 15) is 8.78 Å². The zero-order valence-corrected chi connectivity index (χ0v) is 7.25. The van der Waals surface area contributed by atoms with Gasteiger partial charge in [-0.1, -0.05) is 0 Å². The molecule has 0 amide bonds. The number of methoxy groups -OCH3 is 1. The molecule has 0 spiro atoms. The molecule has 1 aromatic rings. The topological polar surface area (TPSA) is 31.4 Å². The first-order valence-corrected chi connectivity index (χ1v) is 3.59. The van der Waals surface area contributed by atoms with Gasteiger partial charge in [0.15, 0.2) is 0 Å². The summed E-state index contributed by atoms with van der Waals surface area (Å²) in [6, 6.07) is 1.32. The molecule has 5 heteroatoms. The van der Waals surface area contributed by atoms with E-state index in [-0.39, 0.29) is 5.88 Å². The molecule has 0 saturated carbocycles. The fraction of sp³-hybridized carbons (Fsp3) is 0.375. The van der Waals surface area contributed by atoms with E-state index >= 15 is 0 Å². The van der Waals surface area contributed by atoms with Gasteiger partial charge in [0.1, 0.15) is 5.75 Å². The molecule has 0 aliphatic rings. The minimum atomic E-state index is -2.86. The molecule has 0 atom stereocenters. The van der Waals surface area contributed by atoms with Crippen LogP contribution in [0.25, 0.3) is 0 Å². The van der Waals surface area contributed by atoms with E-state index in [1.165, 1.54) is 19.4 Å². The Morgan fingerprint density at radius 2 is 2.15 bits per heavy atom. The summed E-state index contributed by atoms with van der Waals surface area (Å²) in [6.45, 7) is -1.10. The Balaban J connectivity index is 2.86. The van der Waals surface area contributed by atoms with E-state index < -0.39 is 6.61 Å². The Labute approximate surface area is 74.3 Å². The Bertz CT molecular complexity index is 291. The Morgan fingerprint density at radius 1 is 1.46 bits per heavy atom. The van der Waals surface area contributed by atoms with E-state index in [1.54, 1.807) is 6.92 Å². The second-order valence-corrected chi connectivity index (χ2v) is 2.37. The monoisotopic (exact) mass is 189 g/mol. The smallest absolute Gasteiger partial charge is 0.388 e. The summed E-state index contributed by atoms with van der Waals surface area (Å²) < 4.78 is 32.5. The number of nitrogens with zero attached hydrogens (tertiary/aromatic N) is 1. The average Bonchev–Trinajstić information content (AvgIpc) is 2.07. The maximum absolute atomic E-state index is 11.8. The minimum Gasteiger partial charge on any atom is -0.496 e. The van der Waals surface area contributed by atoms with Crippen molar-refractivity contribution in [3.63, 3.8) is 0 Å². The minimum absolute atomic E-state index is 0.141. The van der Waals surface area contributed by atoms with Crippen molar-refractivity contribution in [2.24, 2.45) is 0 Å². The number of hydrogen-bond donors (Lipinski definition) is 0. The van der Waals surface area contributed by atoms with Crippen molar-refractivity contribution in [2.75, 3.05) is 7.11 Å². The lowest BCUT2D eigenvalue weighted by atomic mass is 10.3. The van der Waals surface area contributed by atoms with Crippen LogP contribution in [0.15, 0.2) is 12.3 Å². The predicted molar refractivity (Wildman–Crippen MR) is 42.2 cm³/mol. The lowest BCUT2D eigenvalue weighted by molar-refractivity contribution is -0.0529. The van der Waals surface area contributed by atoms with Crippen LogP contribution in [0.1, 0.15) is 5.56 Å². The van der Waals surface area contributed by atoms with Crippen molar-refractivity contribution < 1.29 is 18.3 Å². The highest BCUT2D eigenvalue weighted by Crippen LogP contribution is 2.21.